The van der Waals surface area contributed by atoms with Crippen LogP contribution in [0.1, 0.15) is 48.0 Å². The van der Waals surface area contributed by atoms with Crippen LogP contribution in [0.15, 0.2) is 0 Å². The van der Waals surface area contributed by atoms with Crippen molar-refractivity contribution < 1.29 is 80.6 Å². The average molecular weight is 1060 g/mol. The molecule has 19 heteroatoms. The van der Waals surface area contributed by atoms with Crippen molar-refractivity contribution in [2.24, 2.45) is 17.8 Å². The van der Waals surface area contributed by atoms with E-state index in [4.69, 9.17) is 14.2 Å². The minimum atomic E-state index is -2.32. The highest BCUT2D eigenvalue weighted by molar-refractivity contribution is 14.1. The molecular formula is C30H59I3O16. The number of hydrogen-bond donors (Lipinski definition) is 13. The Morgan fingerprint density at radius 2 is 0.878 bits per heavy atom. The summed E-state index contributed by atoms with van der Waals surface area (Å²) >= 11 is 5.66. The molecule has 16 nitrogen and oxygen atoms in total. The zero-order valence-corrected chi connectivity index (χ0v) is 35.0. The molecule has 0 amide bonds. The van der Waals surface area contributed by atoms with Crippen LogP contribution in [-0.4, -0.2) is 184 Å². The molecule has 0 aliphatic heterocycles. The number of aliphatic hydroxyl groups excluding tert-OH is 13. The van der Waals surface area contributed by atoms with Crippen molar-refractivity contribution in [3.8, 4) is 0 Å². The van der Waals surface area contributed by atoms with E-state index in [1.807, 2.05) is 45.2 Å². The van der Waals surface area contributed by atoms with E-state index in [1.165, 1.54) is 20.8 Å². The molecule has 296 valence electrons. The SMILES string of the molecule is CCC(O)C(OC(C)C(O)C(O)C(OC(O)C(O)C(O)C(OC(O)C(O)C(O)C(O)C(C)CI)C(C)CI)C(O)CI)C(C)C(O)C(C)O. The van der Waals surface area contributed by atoms with Gasteiger partial charge >= 0.3 is 0 Å². The highest BCUT2D eigenvalue weighted by atomic mass is 127. The van der Waals surface area contributed by atoms with Gasteiger partial charge < -0.3 is 80.6 Å². The van der Waals surface area contributed by atoms with E-state index in [9.17, 15) is 66.4 Å². The Kier molecular flexibility index (Phi) is 25.6. The summed E-state index contributed by atoms with van der Waals surface area (Å²) in [4.78, 5) is 0. The molecule has 20 atom stereocenters. The molecule has 0 heterocycles. The van der Waals surface area contributed by atoms with E-state index in [0.29, 0.717) is 4.43 Å². The Morgan fingerprint density at radius 1 is 0.429 bits per heavy atom. The third-order valence-corrected chi connectivity index (χ3v) is 12.3. The van der Waals surface area contributed by atoms with Crippen molar-refractivity contribution in [1.29, 1.82) is 0 Å². The van der Waals surface area contributed by atoms with Gasteiger partial charge in [0.05, 0.1) is 48.8 Å². The lowest BCUT2D eigenvalue weighted by molar-refractivity contribution is -0.280. The van der Waals surface area contributed by atoms with Crippen LogP contribution in [0.5, 0.6) is 0 Å². The molecule has 49 heavy (non-hydrogen) atoms. The lowest BCUT2D eigenvalue weighted by Crippen LogP contribution is -2.57. The second-order valence-corrected chi connectivity index (χ2v) is 15.4. The van der Waals surface area contributed by atoms with Crippen molar-refractivity contribution in [3.63, 3.8) is 0 Å². The quantitative estimate of drug-likeness (QED) is 0.0248. The first-order valence-corrected chi connectivity index (χ1v) is 20.7. The van der Waals surface area contributed by atoms with Gasteiger partial charge in [-0.1, -0.05) is 95.5 Å². The molecule has 0 aromatic carbocycles. The molecule has 0 rings (SSSR count). The van der Waals surface area contributed by atoms with Crippen LogP contribution in [0.4, 0.5) is 0 Å². The van der Waals surface area contributed by atoms with Crippen LogP contribution in [0, 0.1) is 17.8 Å². The van der Waals surface area contributed by atoms with Crippen molar-refractivity contribution in [3.05, 3.63) is 0 Å². The third kappa shape index (κ3) is 15.3. The Balaban J connectivity index is 5.99. The molecule has 0 radical (unpaired) electrons. The Labute approximate surface area is 329 Å². The smallest absolute Gasteiger partial charge is 0.184 e. The van der Waals surface area contributed by atoms with Gasteiger partial charge in [0, 0.05) is 19.2 Å². The van der Waals surface area contributed by atoms with Gasteiger partial charge in [0.2, 0.25) is 0 Å². The number of aliphatic hydroxyl groups is 13. The molecule has 0 aliphatic carbocycles. The Bertz CT molecular complexity index is 870. The normalized spacial score (nSPS) is 25.1. The number of halogens is 3. The van der Waals surface area contributed by atoms with Crippen molar-refractivity contribution >= 4 is 67.8 Å². The standard InChI is InChI=1S/C30H59I3O16/c1-7-16(35)27(13(4)19(38)14(5)34)47-15(6)20(39)22(41)28(17(36)10-33)49-30(46)25(44)23(42)26(12(3)9-32)48-29(45)24(43)21(40)18(37)11(2)8-31/h11-30,34-46H,7-10H2,1-6H3. The molecule has 0 saturated heterocycles. The molecule has 13 N–H and O–H groups in total. The number of alkyl halides is 3. The fourth-order valence-corrected chi connectivity index (χ4v) is 6.52. The molecule has 20 unspecified atom stereocenters. The average Bonchev–Trinajstić information content (AvgIpc) is 3.09. The topological polar surface area (TPSA) is 291 Å². The van der Waals surface area contributed by atoms with Crippen LogP contribution < -0.4 is 0 Å². The number of rotatable bonds is 26. The van der Waals surface area contributed by atoms with Gasteiger partial charge in [0.1, 0.15) is 42.7 Å². The lowest BCUT2D eigenvalue weighted by Gasteiger charge is -2.39. The predicted molar refractivity (Wildman–Crippen MR) is 202 cm³/mol. The second-order valence-electron chi connectivity index (χ2n) is 12.8. The first kappa shape index (κ1) is 50.5. The highest BCUT2D eigenvalue weighted by Crippen LogP contribution is 2.27. The van der Waals surface area contributed by atoms with Gasteiger partial charge in [-0.05, 0) is 32.1 Å². The van der Waals surface area contributed by atoms with E-state index in [1.54, 1.807) is 43.4 Å². The van der Waals surface area contributed by atoms with Gasteiger partial charge in [-0.25, -0.2) is 0 Å². The monoisotopic (exact) mass is 1060 g/mol. The lowest BCUT2D eigenvalue weighted by atomic mass is 9.90. The molecule has 0 spiro atoms. The summed E-state index contributed by atoms with van der Waals surface area (Å²) in [6.45, 7) is 9.07. The number of hydrogen-bond acceptors (Lipinski definition) is 16. The van der Waals surface area contributed by atoms with Crippen molar-refractivity contribution in [2.75, 3.05) is 13.3 Å². The van der Waals surface area contributed by atoms with Crippen LogP contribution in [0.3, 0.4) is 0 Å². The Hall–Kier alpha value is 1.55. The van der Waals surface area contributed by atoms with Crippen molar-refractivity contribution in [1.82, 2.24) is 0 Å². The fourth-order valence-electron chi connectivity index (χ4n) is 5.00. The van der Waals surface area contributed by atoms with E-state index >= 15 is 0 Å². The van der Waals surface area contributed by atoms with Crippen molar-refractivity contribution in [2.45, 2.75) is 152 Å². The highest BCUT2D eigenvalue weighted by Gasteiger charge is 2.44. The van der Waals surface area contributed by atoms with Crippen LogP contribution in [0.25, 0.3) is 0 Å². The van der Waals surface area contributed by atoms with Gasteiger partial charge in [0.25, 0.3) is 0 Å². The molecule has 0 aromatic rings. The largest absolute Gasteiger partial charge is 0.391 e. The van der Waals surface area contributed by atoms with E-state index < -0.39 is 122 Å². The maximum absolute atomic E-state index is 11.1. The van der Waals surface area contributed by atoms with E-state index in [2.05, 4.69) is 0 Å². The third-order valence-electron chi connectivity index (χ3n) is 8.62. The summed E-state index contributed by atoms with van der Waals surface area (Å²) in [5.41, 5.74) is 0. The first-order chi connectivity index (χ1) is 22.6. The summed E-state index contributed by atoms with van der Waals surface area (Å²) in [5, 5.41) is 138. The van der Waals surface area contributed by atoms with E-state index in [0.717, 1.165) is 0 Å². The molecule has 0 saturated carbocycles. The van der Waals surface area contributed by atoms with Gasteiger partial charge in [-0.3, -0.25) is 0 Å². The molecular weight excluding hydrogens is 997 g/mol. The predicted octanol–water partition coefficient (Wildman–Crippen LogP) is -2.22. The van der Waals surface area contributed by atoms with E-state index in [-0.39, 0.29) is 15.3 Å². The minimum absolute atomic E-state index is 0.0896. The number of ether oxygens (including phenoxy) is 3. The Morgan fingerprint density at radius 3 is 1.31 bits per heavy atom. The first-order valence-electron chi connectivity index (χ1n) is 16.1. The summed E-state index contributed by atoms with van der Waals surface area (Å²) in [6.07, 6.45) is -28.4. The minimum Gasteiger partial charge on any atom is -0.391 e. The maximum atomic E-state index is 11.1. The van der Waals surface area contributed by atoms with Crippen LogP contribution >= 0.6 is 67.8 Å². The second kappa shape index (κ2) is 24.9. The molecule has 0 fully saturated rings. The van der Waals surface area contributed by atoms with Gasteiger partial charge in [-0.15, -0.1) is 0 Å². The maximum Gasteiger partial charge on any atom is 0.184 e. The summed E-state index contributed by atoms with van der Waals surface area (Å²) in [6, 6.07) is 0. The van der Waals surface area contributed by atoms with Crippen LogP contribution in [-0.2, 0) is 14.2 Å². The van der Waals surface area contributed by atoms with Gasteiger partial charge in [0.15, 0.2) is 12.6 Å². The summed E-state index contributed by atoms with van der Waals surface area (Å²) < 4.78 is 17.3. The summed E-state index contributed by atoms with van der Waals surface area (Å²) in [7, 11) is 0. The van der Waals surface area contributed by atoms with Crippen LogP contribution in [0.2, 0.25) is 0 Å². The van der Waals surface area contributed by atoms with Gasteiger partial charge in [-0.2, -0.15) is 0 Å². The zero-order chi connectivity index (χ0) is 38.5. The fraction of sp³-hybridized carbons (Fsp3) is 1.00. The summed E-state index contributed by atoms with van der Waals surface area (Å²) in [5.74, 6) is -1.91. The molecule has 0 aromatic heterocycles. The zero-order valence-electron chi connectivity index (χ0n) is 28.5. The molecule has 0 aliphatic rings. The molecule has 0 bridgehead atoms.